The Hall–Kier alpha value is -7.23. The number of amides is 5. The molecule has 0 atom stereocenters. The van der Waals surface area contributed by atoms with Crippen LogP contribution in [0.25, 0.3) is 44.8 Å². The van der Waals surface area contributed by atoms with Gasteiger partial charge in [-0.1, -0.05) is 35.9 Å². The molecule has 0 spiro atoms. The number of H-pyrrole nitrogens is 2. The molecule has 70 heavy (non-hydrogen) atoms. The van der Waals surface area contributed by atoms with E-state index >= 15 is 0 Å². The van der Waals surface area contributed by atoms with E-state index in [1.807, 2.05) is 54.6 Å². The standard InChI is InChI=1S/C49H63N15O6/c1-49(2,3)70-48(69)54-31-43(66)53-30-42(65)52-29-37-32-64(60-59-37)26-25-63-23-21-62(22-24-63)20-16-51-47(68)36-12-14-39-41(28-36)58-45(56-39)34-9-7-33(8-10-34)44-55-38-13-11-35(27-40(38)57-44)46(67)50-15-19-61-17-5-4-6-18-61/h7-14,27-28,32H,4-6,15-26,29-31H2,1-3H3,(H,50,67)(H,51,68)(H,52,65)(H,53,66)(H,54,69)(H,55,57)(H,56,58). The van der Waals surface area contributed by atoms with Crippen molar-refractivity contribution in [3.05, 3.63) is 83.7 Å². The molecule has 6 aromatic rings. The molecule has 7 N–H and O–H groups in total. The third-order valence-corrected chi connectivity index (χ3v) is 12.2. The fraction of sp³-hybridized carbons (Fsp3) is 0.449. The zero-order chi connectivity index (χ0) is 49.0. The van der Waals surface area contributed by atoms with Gasteiger partial charge in [-0.15, -0.1) is 5.10 Å². The second-order valence-corrected chi connectivity index (χ2v) is 18.7. The monoisotopic (exact) mass is 958 g/mol. The Morgan fingerprint density at radius 3 is 1.67 bits per heavy atom. The molecule has 21 heteroatoms. The second-order valence-electron chi connectivity index (χ2n) is 18.7. The summed E-state index contributed by atoms with van der Waals surface area (Å²) in [5.74, 6) is 0.256. The van der Waals surface area contributed by atoms with E-state index in [2.05, 4.69) is 61.6 Å². The number of piperazine rings is 1. The van der Waals surface area contributed by atoms with Gasteiger partial charge in [-0.05, 0) is 83.1 Å². The molecule has 21 nitrogen and oxygen atoms in total. The molecule has 2 aliphatic rings. The molecule has 0 aliphatic carbocycles. The SMILES string of the molecule is CC(C)(C)OC(=O)NCC(=O)NCC(=O)NCc1cn(CCN2CCN(CCNC(=O)c3ccc4nc(-c5ccc(-c6nc7ccc(C(=O)NCCN8CCCCC8)cc7[nH]6)cc5)[nH]c4c3)CC2)nn1. The summed E-state index contributed by atoms with van der Waals surface area (Å²) >= 11 is 0. The highest BCUT2D eigenvalue weighted by Crippen LogP contribution is 2.26. The van der Waals surface area contributed by atoms with Crippen LogP contribution in [0.3, 0.4) is 0 Å². The molecule has 0 unspecified atom stereocenters. The van der Waals surface area contributed by atoms with Gasteiger partial charge < -0.3 is 46.2 Å². The van der Waals surface area contributed by atoms with Crippen molar-refractivity contribution < 1.29 is 28.7 Å². The van der Waals surface area contributed by atoms with Crippen molar-refractivity contribution in [1.82, 2.24) is 76.2 Å². The predicted molar refractivity (Wildman–Crippen MR) is 264 cm³/mol. The lowest BCUT2D eigenvalue weighted by molar-refractivity contribution is -0.125. The van der Waals surface area contributed by atoms with Gasteiger partial charge in [0, 0.05) is 81.2 Å². The van der Waals surface area contributed by atoms with Gasteiger partial charge in [0.2, 0.25) is 11.8 Å². The molecule has 2 saturated heterocycles. The summed E-state index contributed by atoms with van der Waals surface area (Å²) < 4.78 is 6.83. The molecule has 3 aromatic carbocycles. The summed E-state index contributed by atoms with van der Waals surface area (Å²) in [6.07, 6.45) is 4.82. The number of ether oxygens (including phenoxy) is 1. The van der Waals surface area contributed by atoms with E-state index in [9.17, 15) is 24.0 Å². The average molecular weight is 958 g/mol. The zero-order valence-corrected chi connectivity index (χ0v) is 40.1. The summed E-state index contributed by atoms with van der Waals surface area (Å²) in [5, 5.41) is 22.0. The van der Waals surface area contributed by atoms with Crippen LogP contribution in [-0.2, 0) is 27.4 Å². The van der Waals surface area contributed by atoms with Crippen LogP contribution in [0.1, 0.15) is 66.4 Å². The lowest BCUT2D eigenvalue weighted by Gasteiger charge is -2.34. The van der Waals surface area contributed by atoms with Gasteiger partial charge in [0.25, 0.3) is 11.8 Å². The van der Waals surface area contributed by atoms with Crippen LogP contribution in [0.2, 0.25) is 0 Å². The first-order chi connectivity index (χ1) is 33.8. The van der Waals surface area contributed by atoms with Crippen molar-refractivity contribution >= 4 is 51.8 Å². The molecule has 5 heterocycles. The second kappa shape index (κ2) is 22.9. The molecule has 0 saturated carbocycles. The quantitative estimate of drug-likeness (QED) is 0.0618. The Balaban J connectivity index is 0.718. The van der Waals surface area contributed by atoms with Crippen LogP contribution in [0.15, 0.2) is 66.9 Å². The summed E-state index contributed by atoms with van der Waals surface area (Å²) in [5.41, 5.74) is 5.98. The summed E-state index contributed by atoms with van der Waals surface area (Å²) in [6, 6.07) is 19.0. The van der Waals surface area contributed by atoms with Crippen LogP contribution in [0.4, 0.5) is 4.79 Å². The molecule has 0 bridgehead atoms. The van der Waals surface area contributed by atoms with Crippen molar-refractivity contribution in [2.24, 2.45) is 0 Å². The number of benzene rings is 3. The van der Waals surface area contributed by atoms with E-state index in [1.54, 1.807) is 37.7 Å². The fourth-order valence-electron chi connectivity index (χ4n) is 8.37. The highest BCUT2D eigenvalue weighted by Gasteiger charge is 2.20. The third-order valence-electron chi connectivity index (χ3n) is 12.2. The number of carbonyl (C=O) groups is 5. The molecular weight excluding hydrogens is 895 g/mol. The topological polar surface area (TPSA) is 253 Å². The molecule has 5 amide bonds. The van der Waals surface area contributed by atoms with Crippen LogP contribution >= 0.6 is 0 Å². The number of nitrogens with one attached hydrogen (secondary N) is 7. The molecule has 3 aromatic heterocycles. The fourth-order valence-corrected chi connectivity index (χ4v) is 8.37. The number of rotatable bonds is 19. The minimum absolute atomic E-state index is 0.0856. The van der Waals surface area contributed by atoms with Crippen LogP contribution < -0.4 is 26.6 Å². The van der Waals surface area contributed by atoms with Gasteiger partial charge in [-0.25, -0.2) is 14.8 Å². The van der Waals surface area contributed by atoms with Crippen LogP contribution in [0, 0.1) is 0 Å². The van der Waals surface area contributed by atoms with Crippen molar-refractivity contribution in [2.75, 3.05) is 85.1 Å². The zero-order valence-electron chi connectivity index (χ0n) is 40.1. The molecule has 2 fully saturated rings. The number of fused-ring (bicyclic) bond motifs is 2. The molecule has 2 aliphatic heterocycles. The van der Waals surface area contributed by atoms with Gasteiger partial charge in [0.1, 0.15) is 29.5 Å². The maximum atomic E-state index is 13.2. The summed E-state index contributed by atoms with van der Waals surface area (Å²) in [7, 11) is 0. The maximum Gasteiger partial charge on any atom is 0.408 e. The van der Waals surface area contributed by atoms with Gasteiger partial charge >= 0.3 is 6.09 Å². The van der Waals surface area contributed by atoms with E-state index in [1.165, 1.54) is 19.3 Å². The van der Waals surface area contributed by atoms with E-state index < -0.39 is 23.5 Å². The summed E-state index contributed by atoms with van der Waals surface area (Å²) in [4.78, 5) is 85.4. The largest absolute Gasteiger partial charge is 0.444 e. The molecule has 370 valence electrons. The number of imidazole rings is 2. The van der Waals surface area contributed by atoms with Crippen molar-refractivity contribution in [2.45, 2.75) is 58.7 Å². The Morgan fingerprint density at radius 1 is 0.600 bits per heavy atom. The first kappa shape index (κ1) is 49.2. The normalized spacial score (nSPS) is 14.9. The van der Waals surface area contributed by atoms with Gasteiger partial charge in [-0.2, -0.15) is 0 Å². The number of nitrogens with zero attached hydrogens (tertiary/aromatic N) is 8. The lowest BCUT2D eigenvalue weighted by atomic mass is 10.1. The Bertz CT molecular complexity index is 2760. The number of hydrogen-bond donors (Lipinski definition) is 7. The number of piperidine rings is 1. The Morgan fingerprint density at radius 2 is 1.11 bits per heavy atom. The lowest BCUT2D eigenvalue weighted by Crippen LogP contribution is -2.49. The number of aromatic amines is 2. The highest BCUT2D eigenvalue weighted by atomic mass is 16.6. The van der Waals surface area contributed by atoms with Gasteiger partial charge in [0.05, 0.1) is 47.9 Å². The minimum atomic E-state index is -0.715. The minimum Gasteiger partial charge on any atom is -0.444 e. The number of hydrogen-bond acceptors (Lipinski definition) is 13. The molecular formula is C49H63N15O6. The predicted octanol–water partition coefficient (Wildman–Crippen LogP) is 2.89. The van der Waals surface area contributed by atoms with E-state index in [-0.39, 0.29) is 31.4 Å². The molecule has 0 radical (unpaired) electrons. The number of carbonyl (C=O) groups excluding carboxylic acids is 5. The van der Waals surface area contributed by atoms with Crippen molar-refractivity contribution in [3.8, 4) is 22.8 Å². The Kier molecular flexibility index (Phi) is 16.1. The van der Waals surface area contributed by atoms with E-state index in [0.717, 1.165) is 92.1 Å². The van der Waals surface area contributed by atoms with E-state index in [0.29, 0.717) is 48.1 Å². The highest BCUT2D eigenvalue weighted by molar-refractivity contribution is 5.98. The number of alkyl carbamates (subject to hydrolysis) is 1. The van der Waals surface area contributed by atoms with E-state index in [4.69, 9.17) is 14.7 Å². The van der Waals surface area contributed by atoms with Gasteiger partial charge in [-0.3, -0.25) is 33.7 Å². The summed E-state index contributed by atoms with van der Waals surface area (Å²) in [6.45, 7) is 14.7. The Labute approximate surface area is 405 Å². The van der Waals surface area contributed by atoms with Crippen LogP contribution in [0.5, 0.6) is 0 Å². The van der Waals surface area contributed by atoms with Crippen molar-refractivity contribution in [3.63, 3.8) is 0 Å². The smallest absolute Gasteiger partial charge is 0.408 e. The van der Waals surface area contributed by atoms with Crippen molar-refractivity contribution in [1.29, 1.82) is 0 Å². The first-order valence-corrected chi connectivity index (χ1v) is 24.0. The van der Waals surface area contributed by atoms with Gasteiger partial charge in [0.15, 0.2) is 0 Å². The first-order valence-electron chi connectivity index (χ1n) is 24.0. The number of likely N-dealkylation sites (tertiary alicyclic amines) is 1. The third kappa shape index (κ3) is 13.9. The molecule has 8 rings (SSSR count). The van der Waals surface area contributed by atoms with Crippen LogP contribution in [-0.4, -0.2) is 170 Å². The average Bonchev–Trinajstić information content (AvgIpc) is 4.12. The maximum absolute atomic E-state index is 13.2. The number of aromatic nitrogens is 7.